The molecule has 0 aliphatic heterocycles. The molecule has 1 amide bonds. The molecule has 3 heterocycles. The van der Waals surface area contributed by atoms with Crippen LogP contribution in [0.4, 0.5) is 0 Å². The van der Waals surface area contributed by atoms with Crippen molar-refractivity contribution in [3.8, 4) is 11.4 Å². The molecular weight excluding hydrogens is 336 g/mol. The number of nitrogens with zero attached hydrogens (tertiary/aromatic N) is 3. The van der Waals surface area contributed by atoms with E-state index in [2.05, 4.69) is 34.9 Å². The lowest BCUT2D eigenvalue weighted by molar-refractivity contribution is 0.0948. The van der Waals surface area contributed by atoms with Gasteiger partial charge in [0.05, 0.1) is 5.52 Å². The van der Waals surface area contributed by atoms with E-state index in [-0.39, 0.29) is 5.91 Å². The number of carbonyl (C=O) groups excluding carboxylic acids is 1. The molecule has 0 aliphatic carbocycles. The monoisotopic (exact) mass is 358 g/mol. The molecule has 0 saturated carbocycles. The molecule has 0 unspecified atom stereocenters. The van der Waals surface area contributed by atoms with Crippen LogP contribution in [0.1, 0.15) is 35.9 Å². The lowest BCUT2D eigenvalue weighted by Gasteiger charge is -2.05. The third-order valence-corrected chi connectivity index (χ3v) is 4.63. The van der Waals surface area contributed by atoms with Gasteiger partial charge in [-0.25, -0.2) is 4.98 Å². The smallest absolute Gasteiger partial charge is 0.272 e. The molecule has 0 saturated heterocycles. The van der Waals surface area contributed by atoms with Crippen molar-refractivity contribution in [2.45, 2.75) is 26.4 Å². The Morgan fingerprint density at radius 2 is 1.81 bits per heavy atom. The van der Waals surface area contributed by atoms with Crippen LogP contribution in [0.2, 0.25) is 0 Å². The van der Waals surface area contributed by atoms with Gasteiger partial charge in [0, 0.05) is 36.7 Å². The van der Waals surface area contributed by atoms with Crippen LogP contribution >= 0.6 is 0 Å². The summed E-state index contributed by atoms with van der Waals surface area (Å²) in [5.41, 5.74) is 3.30. The lowest BCUT2D eigenvalue weighted by Crippen LogP contribution is -2.23. The van der Waals surface area contributed by atoms with Gasteiger partial charge in [0.1, 0.15) is 5.82 Å². The van der Waals surface area contributed by atoms with Crippen molar-refractivity contribution in [3.63, 3.8) is 0 Å². The molecular formula is C22H22N4O. The zero-order valence-corrected chi connectivity index (χ0v) is 15.5. The molecule has 1 N–H and O–H groups in total. The summed E-state index contributed by atoms with van der Waals surface area (Å²) in [6.07, 6.45) is 6.05. The number of fused-ring (bicyclic) bond motifs is 1. The van der Waals surface area contributed by atoms with Gasteiger partial charge in [-0.2, -0.15) is 0 Å². The minimum Gasteiger partial charge on any atom is -0.351 e. The Bertz CT molecular complexity index is 1080. The van der Waals surface area contributed by atoms with Crippen LogP contribution in [0.25, 0.3) is 16.9 Å². The average molecular weight is 358 g/mol. The predicted octanol–water partition coefficient (Wildman–Crippen LogP) is 4.31. The minimum atomic E-state index is -0.169. The number of imidazole rings is 1. The highest BCUT2D eigenvalue weighted by Crippen LogP contribution is 2.24. The second-order valence-electron chi connectivity index (χ2n) is 6.85. The highest BCUT2D eigenvalue weighted by molar-refractivity contribution is 6.00. The number of carbonyl (C=O) groups is 1. The second kappa shape index (κ2) is 7.11. The summed E-state index contributed by atoms with van der Waals surface area (Å²) in [6, 6.07) is 18.1. The normalized spacial score (nSPS) is 11.2. The summed E-state index contributed by atoms with van der Waals surface area (Å²) in [4.78, 5) is 17.5. The number of benzene rings is 1. The van der Waals surface area contributed by atoms with E-state index in [1.54, 1.807) is 0 Å². The van der Waals surface area contributed by atoms with Crippen molar-refractivity contribution in [1.82, 2.24) is 19.3 Å². The molecule has 0 spiro atoms. The Morgan fingerprint density at radius 1 is 1.04 bits per heavy atom. The van der Waals surface area contributed by atoms with Gasteiger partial charge in [0.25, 0.3) is 5.91 Å². The van der Waals surface area contributed by atoms with Crippen molar-refractivity contribution in [3.05, 3.63) is 84.4 Å². The van der Waals surface area contributed by atoms with Crippen LogP contribution in [-0.2, 0) is 6.54 Å². The van der Waals surface area contributed by atoms with Crippen molar-refractivity contribution < 1.29 is 4.79 Å². The van der Waals surface area contributed by atoms with Crippen molar-refractivity contribution in [2.24, 2.45) is 0 Å². The topological polar surface area (TPSA) is 51.3 Å². The molecule has 5 nitrogen and oxygen atoms in total. The second-order valence-corrected chi connectivity index (χ2v) is 6.85. The Labute approximate surface area is 158 Å². The highest BCUT2D eigenvalue weighted by Gasteiger charge is 2.18. The maximum Gasteiger partial charge on any atom is 0.272 e. The van der Waals surface area contributed by atoms with E-state index in [0.717, 1.165) is 22.5 Å². The minimum absolute atomic E-state index is 0.169. The molecule has 4 aromatic rings. The Balaban J connectivity index is 1.68. The fourth-order valence-corrected chi connectivity index (χ4v) is 3.14. The Morgan fingerprint density at radius 3 is 2.56 bits per heavy atom. The average Bonchev–Trinajstić information content (AvgIpc) is 3.32. The molecule has 4 rings (SSSR count). The van der Waals surface area contributed by atoms with Gasteiger partial charge in [-0.05, 0) is 37.6 Å². The summed E-state index contributed by atoms with van der Waals surface area (Å²) in [5, 5.41) is 2.98. The maximum absolute atomic E-state index is 12.8. The van der Waals surface area contributed by atoms with Crippen LogP contribution in [0.15, 0.2) is 73.2 Å². The molecule has 1 aromatic carbocycles. The highest BCUT2D eigenvalue weighted by atomic mass is 16.1. The summed E-state index contributed by atoms with van der Waals surface area (Å²) in [7, 11) is 0. The van der Waals surface area contributed by atoms with Crippen molar-refractivity contribution in [2.75, 3.05) is 0 Å². The molecule has 0 aliphatic rings. The lowest BCUT2D eigenvalue weighted by atomic mass is 10.2. The van der Waals surface area contributed by atoms with Gasteiger partial charge < -0.3 is 9.88 Å². The fourth-order valence-electron chi connectivity index (χ4n) is 3.14. The molecule has 5 heteroatoms. The SMILES string of the molecule is CC(C)n1ccc(-c2nc(C(=O)NCc3ccccc3)c3ccccn23)c1. The molecule has 0 radical (unpaired) electrons. The van der Waals surface area contributed by atoms with Crippen LogP contribution in [0.3, 0.4) is 0 Å². The number of amides is 1. The number of rotatable bonds is 5. The molecule has 0 atom stereocenters. The third-order valence-electron chi connectivity index (χ3n) is 4.63. The predicted molar refractivity (Wildman–Crippen MR) is 107 cm³/mol. The van der Waals surface area contributed by atoms with E-state index >= 15 is 0 Å². The number of nitrogens with one attached hydrogen (secondary N) is 1. The first kappa shape index (κ1) is 17.1. The first-order valence-corrected chi connectivity index (χ1v) is 9.10. The molecule has 27 heavy (non-hydrogen) atoms. The number of pyridine rings is 1. The zero-order valence-electron chi connectivity index (χ0n) is 15.5. The summed E-state index contributed by atoms with van der Waals surface area (Å²) < 4.78 is 4.10. The van der Waals surface area contributed by atoms with Crippen molar-refractivity contribution >= 4 is 11.4 Å². The van der Waals surface area contributed by atoms with Gasteiger partial charge in [-0.15, -0.1) is 0 Å². The van der Waals surface area contributed by atoms with Crippen LogP contribution in [0.5, 0.6) is 0 Å². The van der Waals surface area contributed by atoms with Gasteiger partial charge in [0.2, 0.25) is 0 Å². The van der Waals surface area contributed by atoms with E-state index in [9.17, 15) is 4.79 Å². The first-order valence-electron chi connectivity index (χ1n) is 9.10. The van der Waals surface area contributed by atoms with Crippen molar-refractivity contribution in [1.29, 1.82) is 0 Å². The summed E-state index contributed by atoms with van der Waals surface area (Å²) in [5.74, 6) is 0.604. The Kier molecular flexibility index (Phi) is 4.50. The van der Waals surface area contributed by atoms with Gasteiger partial charge >= 0.3 is 0 Å². The quantitative estimate of drug-likeness (QED) is 0.578. The van der Waals surface area contributed by atoms with Crippen LogP contribution in [-0.4, -0.2) is 19.9 Å². The summed E-state index contributed by atoms with van der Waals surface area (Å²) >= 11 is 0. The molecule has 0 fully saturated rings. The van der Waals surface area contributed by atoms with Gasteiger partial charge in [-0.1, -0.05) is 36.4 Å². The number of hydrogen-bond acceptors (Lipinski definition) is 2. The van der Waals surface area contributed by atoms with E-state index in [0.29, 0.717) is 18.3 Å². The van der Waals surface area contributed by atoms with Gasteiger partial charge in [-0.3, -0.25) is 9.20 Å². The fraction of sp³-hybridized carbons (Fsp3) is 0.182. The van der Waals surface area contributed by atoms with E-state index in [1.807, 2.05) is 71.4 Å². The van der Waals surface area contributed by atoms with E-state index < -0.39 is 0 Å². The molecule has 3 aromatic heterocycles. The summed E-state index contributed by atoms with van der Waals surface area (Å²) in [6.45, 7) is 4.75. The molecule has 136 valence electrons. The first-order chi connectivity index (χ1) is 13.1. The Hall–Kier alpha value is -3.34. The largest absolute Gasteiger partial charge is 0.351 e. The van der Waals surface area contributed by atoms with E-state index in [1.165, 1.54) is 0 Å². The third kappa shape index (κ3) is 3.36. The number of hydrogen-bond donors (Lipinski definition) is 1. The van der Waals surface area contributed by atoms with Crippen LogP contribution < -0.4 is 5.32 Å². The zero-order chi connectivity index (χ0) is 18.8. The van der Waals surface area contributed by atoms with Crippen LogP contribution in [0, 0.1) is 0 Å². The number of aromatic nitrogens is 3. The standard InChI is InChI=1S/C22H22N4O/c1-16(2)25-13-11-18(15-25)21-24-20(19-10-6-7-12-26(19)21)22(27)23-14-17-8-4-3-5-9-17/h3-13,15-16H,14H2,1-2H3,(H,23,27). The maximum atomic E-state index is 12.8. The van der Waals surface area contributed by atoms with Gasteiger partial charge in [0.15, 0.2) is 5.69 Å². The van der Waals surface area contributed by atoms with E-state index in [4.69, 9.17) is 0 Å². The molecule has 0 bridgehead atoms.